The van der Waals surface area contributed by atoms with Gasteiger partial charge < -0.3 is 15.8 Å². The molecule has 0 aromatic heterocycles. The second-order valence-electron chi connectivity index (χ2n) is 2.32. The molecule has 0 saturated heterocycles. The maximum Gasteiger partial charge on any atom is 0.121 e. The average molecular weight is 283 g/mol. The standard InChI is InChI=1S/C8H13BrClN3O/c1-6(10)13-5-7(9)8(11)12-3-4-14-2/h5,12H,1,3-4,11H2,2H3/b8-7-,13-5-. The van der Waals surface area contributed by atoms with E-state index in [0.717, 1.165) is 0 Å². The van der Waals surface area contributed by atoms with E-state index in [-0.39, 0.29) is 5.16 Å². The van der Waals surface area contributed by atoms with Gasteiger partial charge in [0.15, 0.2) is 0 Å². The Hall–Kier alpha value is -0.520. The first-order valence-electron chi connectivity index (χ1n) is 3.84. The lowest BCUT2D eigenvalue weighted by molar-refractivity contribution is 0.202. The minimum Gasteiger partial charge on any atom is -0.385 e. The van der Waals surface area contributed by atoms with Crippen molar-refractivity contribution in [2.24, 2.45) is 10.7 Å². The number of nitrogens with two attached hydrogens (primary N) is 1. The van der Waals surface area contributed by atoms with E-state index in [1.165, 1.54) is 6.21 Å². The zero-order valence-electron chi connectivity index (χ0n) is 7.89. The van der Waals surface area contributed by atoms with Crippen LogP contribution in [0.4, 0.5) is 0 Å². The highest BCUT2D eigenvalue weighted by Gasteiger charge is 1.95. The van der Waals surface area contributed by atoms with Crippen molar-refractivity contribution in [1.82, 2.24) is 5.32 Å². The van der Waals surface area contributed by atoms with Crippen LogP contribution < -0.4 is 11.1 Å². The molecule has 0 fully saturated rings. The van der Waals surface area contributed by atoms with E-state index in [2.05, 4.69) is 32.8 Å². The molecule has 6 heteroatoms. The van der Waals surface area contributed by atoms with Crippen LogP contribution in [0.2, 0.25) is 0 Å². The van der Waals surface area contributed by atoms with Gasteiger partial charge in [-0.2, -0.15) is 0 Å². The summed E-state index contributed by atoms with van der Waals surface area (Å²) in [7, 11) is 1.62. The van der Waals surface area contributed by atoms with Crippen molar-refractivity contribution in [3.8, 4) is 0 Å². The summed E-state index contributed by atoms with van der Waals surface area (Å²) < 4.78 is 5.47. The molecule has 80 valence electrons. The van der Waals surface area contributed by atoms with Crippen LogP contribution in [0.1, 0.15) is 0 Å². The van der Waals surface area contributed by atoms with Gasteiger partial charge in [0.05, 0.1) is 11.1 Å². The molecule has 0 atom stereocenters. The first-order valence-corrected chi connectivity index (χ1v) is 5.01. The SMILES string of the molecule is C=C(Cl)/N=C\C(Br)=C(/N)NCCOC. The van der Waals surface area contributed by atoms with Gasteiger partial charge in [0.2, 0.25) is 0 Å². The average Bonchev–Trinajstić information content (AvgIpc) is 2.14. The van der Waals surface area contributed by atoms with Crippen LogP contribution in [0.15, 0.2) is 27.0 Å². The number of allylic oxidation sites excluding steroid dienone is 1. The zero-order valence-corrected chi connectivity index (χ0v) is 10.2. The summed E-state index contributed by atoms with van der Waals surface area (Å²) in [6.07, 6.45) is 1.48. The Morgan fingerprint density at radius 2 is 2.43 bits per heavy atom. The predicted molar refractivity (Wildman–Crippen MR) is 63.5 cm³/mol. The third-order valence-electron chi connectivity index (χ3n) is 1.20. The highest BCUT2D eigenvalue weighted by Crippen LogP contribution is 2.05. The minimum atomic E-state index is 0.201. The molecule has 0 bridgehead atoms. The molecule has 0 heterocycles. The van der Waals surface area contributed by atoms with Crippen LogP contribution in [0.5, 0.6) is 0 Å². The van der Waals surface area contributed by atoms with Crippen LogP contribution in [0.3, 0.4) is 0 Å². The molecular formula is C8H13BrClN3O. The van der Waals surface area contributed by atoms with Gasteiger partial charge in [0.1, 0.15) is 11.0 Å². The number of rotatable bonds is 6. The fourth-order valence-corrected chi connectivity index (χ4v) is 0.860. The molecule has 0 saturated carbocycles. The van der Waals surface area contributed by atoms with Gasteiger partial charge in [-0.3, -0.25) is 0 Å². The smallest absolute Gasteiger partial charge is 0.121 e. The Kier molecular flexibility index (Phi) is 7.55. The normalized spacial score (nSPS) is 12.8. The van der Waals surface area contributed by atoms with E-state index in [9.17, 15) is 0 Å². The Morgan fingerprint density at radius 1 is 1.79 bits per heavy atom. The summed E-state index contributed by atoms with van der Waals surface area (Å²) in [4.78, 5) is 3.76. The summed E-state index contributed by atoms with van der Waals surface area (Å²) in [5, 5.41) is 3.13. The van der Waals surface area contributed by atoms with Crippen molar-refractivity contribution in [2.75, 3.05) is 20.3 Å². The lowest BCUT2D eigenvalue weighted by Crippen LogP contribution is -2.25. The predicted octanol–water partition coefficient (Wildman–Crippen LogP) is 1.53. The summed E-state index contributed by atoms with van der Waals surface area (Å²) in [6.45, 7) is 4.62. The monoisotopic (exact) mass is 281 g/mol. The van der Waals surface area contributed by atoms with E-state index < -0.39 is 0 Å². The summed E-state index contributed by atoms with van der Waals surface area (Å²) in [5.74, 6) is 0.476. The van der Waals surface area contributed by atoms with Crippen LogP contribution in [-0.4, -0.2) is 26.5 Å². The van der Waals surface area contributed by atoms with Gasteiger partial charge in [-0.25, -0.2) is 4.99 Å². The molecule has 4 nitrogen and oxygen atoms in total. The molecule has 0 amide bonds. The lowest BCUT2D eigenvalue weighted by Gasteiger charge is -2.05. The molecule has 0 aliphatic carbocycles. The number of methoxy groups -OCH3 is 1. The van der Waals surface area contributed by atoms with Crippen molar-refractivity contribution < 1.29 is 4.74 Å². The molecule has 0 rings (SSSR count). The third kappa shape index (κ3) is 6.94. The minimum absolute atomic E-state index is 0.201. The number of hydrogen-bond acceptors (Lipinski definition) is 4. The maximum absolute atomic E-state index is 5.65. The van der Waals surface area contributed by atoms with E-state index in [1.54, 1.807) is 7.11 Å². The van der Waals surface area contributed by atoms with Gasteiger partial charge in [-0.05, 0) is 15.9 Å². The number of hydrogen-bond donors (Lipinski definition) is 2. The van der Waals surface area contributed by atoms with Crippen molar-refractivity contribution >= 4 is 33.7 Å². The molecule has 3 N–H and O–H groups in total. The molecule has 0 aromatic rings. The molecule has 0 aliphatic rings. The Labute approximate surface area is 97.0 Å². The van der Waals surface area contributed by atoms with E-state index in [0.29, 0.717) is 23.5 Å². The largest absolute Gasteiger partial charge is 0.385 e. The van der Waals surface area contributed by atoms with Crippen LogP contribution in [0, 0.1) is 0 Å². The third-order valence-corrected chi connectivity index (χ3v) is 1.93. The van der Waals surface area contributed by atoms with Gasteiger partial charge in [0, 0.05) is 19.9 Å². The fraction of sp³-hybridized carbons (Fsp3) is 0.375. The molecule has 0 radical (unpaired) electrons. The summed E-state index contributed by atoms with van der Waals surface area (Å²) in [6, 6.07) is 0. The van der Waals surface area contributed by atoms with Crippen molar-refractivity contribution in [3.05, 3.63) is 22.0 Å². The molecule has 0 spiro atoms. The molecule has 0 aromatic carbocycles. The van der Waals surface area contributed by atoms with E-state index >= 15 is 0 Å². The van der Waals surface area contributed by atoms with Gasteiger partial charge >= 0.3 is 0 Å². The second kappa shape index (κ2) is 7.84. The number of halogens is 2. The molecule has 14 heavy (non-hydrogen) atoms. The first-order chi connectivity index (χ1) is 6.57. The highest BCUT2D eigenvalue weighted by atomic mass is 79.9. The van der Waals surface area contributed by atoms with Gasteiger partial charge in [0.25, 0.3) is 0 Å². The lowest BCUT2D eigenvalue weighted by atomic mass is 10.5. The van der Waals surface area contributed by atoms with Crippen molar-refractivity contribution in [3.63, 3.8) is 0 Å². The maximum atomic E-state index is 5.65. The Balaban J connectivity index is 4.08. The van der Waals surface area contributed by atoms with Gasteiger partial charge in [-0.15, -0.1) is 0 Å². The second-order valence-corrected chi connectivity index (χ2v) is 3.61. The number of nitrogens with one attached hydrogen (secondary N) is 1. The van der Waals surface area contributed by atoms with Crippen LogP contribution in [0.25, 0.3) is 0 Å². The number of ether oxygens (including phenoxy) is 1. The first kappa shape index (κ1) is 13.5. The quantitative estimate of drug-likeness (QED) is 0.441. The Morgan fingerprint density at radius 3 is 2.93 bits per heavy atom. The summed E-state index contributed by atoms with van der Waals surface area (Å²) >= 11 is 8.66. The van der Waals surface area contributed by atoms with Crippen molar-refractivity contribution in [2.45, 2.75) is 0 Å². The van der Waals surface area contributed by atoms with E-state index in [1.807, 2.05) is 0 Å². The number of aliphatic imine (C=N–C) groups is 1. The fourth-order valence-electron chi connectivity index (χ4n) is 0.568. The highest BCUT2D eigenvalue weighted by molar-refractivity contribution is 9.12. The van der Waals surface area contributed by atoms with Crippen LogP contribution >= 0.6 is 27.5 Å². The Bertz CT molecular complexity index is 253. The topological polar surface area (TPSA) is 59.6 Å². The summed E-state index contributed by atoms with van der Waals surface area (Å²) in [5.41, 5.74) is 5.65. The van der Waals surface area contributed by atoms with Gasteiger partial charge in [-0.1, -0.05) is 18.2 Å². The van der Waals surface area contributed by atoms with E-state index in [4.69, 9.17) is 22.1 Å². The zero-order chi connectivity index (χ0) is 11.0. The molecule has 0 unspecified atom stereocenters. The van der Waals surface area contributed by atoms with Crippen molar-refractivity contribution in [1.29, 1.82) is 0 Å². The van der Waals surface area contributed by atoms with Crippen LogP contribution in [-0.2, 0) is 4.74 Å². The molecular weight excluding hydrogens is 269 g/mol. The molecule has 0 aliphatic heterocycles. The number of nitrogens with zero attached hydrogens (tertiary/aromatic N) is 1.